The van der Waals surface area contributed by atoms with Crippen LogP contribution in [-0.2, 0) is 4.79 Å². The van der Waals surface area contributed by atoms with Gasteiger partial charge in [0.15, 0.2) is 0 Å². The van der Waals surface area contributed by atoms with Gasteiger partial charge in [0.2, 0.25) is 5.91 Å². The first-order valence-corrected chi connectivity index (χ1v) is 7.42. The Bertz CT molecular complexity index is 496. The number of ether oxygens (including phenoxy) is 1. The SMILES string of the molecule is COc1cc(N2CCN(C(=O)CCl)[C@@H](C)C2)ccc1Cl. The minimum atomic E-state index is -0.00694. The third-order valence-corrected chi connectivity index (χ3v) is 4.10. The van der Waals surface area contributed by atoms with Crippen LogP contribution in [0.4, 0.5) is 5.69 Å². The van der Waals surface area contributed by atoms with Crippen LogP contribution in [0.25, 0.3) is 0 Å². The van der Waals surface area contributed by atoms with Gasteiger partial charge in [0.25, 0.3) is 0 Å². The minimum absolute atomic E-state index is 0.00694. The molecule has 110 valence electrons. The van der Waals surface area contributed by atoms with Gasteiger partial charge in [-0.15, -0.1) is 11.6 Å². The van der Waals surface area contributed by atoms with Crippen LogP contribution in [0.2, 0.25) is 5.02 Å². The van der Waals surface area contributed by atoms with Crippen LogP contribution in [-0.4, -0.2) is 49.5 Å². The standard InChI is InChI=1S/C14H18Cl2N2O2/c1-10-9-17(5-6-18(10)14(19)8-15)11-3-4-12(16)13(7-11)20-2/h3-4,7,10H,5-6,8-9H2,1-2H3/t10-/m0/s1. The summed E-state index contributed by atoms with van der Waals surface area (Å²) >= 11 is 11.7. The molecular formula is C14H18Cl2N2O2. The Morgan fingerprint density at radius 3 is 2.80 bits per heavy atom. The molecular weight excluding hydrogens is 299 g/mol. The quantitative estimate of drug-likeness (QED) is 0.804. The first-order valence-electron chi connectivity index (χ1n) is 6.50. The fourth-order valence-corrected chi connectivity index (χ4v) is 2.83. The van der Waals surface area contributed by atoms with E-state index in [1.807, 2.05) is 30.0 Å². The fraction of sp³-hybridized carbons (Fsp3) is 0.500. The maximum absolute atomic E-state index is 11.7. The number of nitrogens with zero attached hydrogens (tertiary/aromatic N) is 2. The van der Waals surface area contributed by atoms with E-state index in [-0.39, 0.29) is 17.8 Å². The van der Waals surface area contributed by atoms with Crippen molar-refractivity contribution in [1.29, 1.82) is 0 Å². The van der Waals surface area contributed by atoms with E-state index in [1.165, 1.54) is 0 Å². The van der Waals surface area contributed by atoms with Gasteiger partial charge in [0.05, 0.1) is 12.1 Å². The van der Waals surface area contributed by atoms with E-state index in [9.17, 15) is 4.79 Å². The molecule has 0 radical (unpaired) electrons. The minimum Gasteiger partial charge on any atom is -0.495 e. The van der Waals surface area contributed by atoms with Gasteiger partial charge < -0.3 is 14.5 Å². The number of halogens is 2. The zero-order valence-corrected chi connectivity index (χ0v) is 13.1. The van der Waals surface area contributed by atoms with E-state index >= 15 is 0 Å². The summed E-state index contributed by atoms with van der Waals surface area (Å²) in [6.45, 7) is 4.26. The number of carbonyl (C=O) groups excluding carboxylic acids is 1. The summed E-state index contributed by atoms with van der Waals surface area (Å²) in [5.74, 6) is 0.697. The molecule has 1 heterocycles. The molecule has 0 aromatic heterocycles. The maximum Gasteiger partial charge on any atom is 0.237 e. The highest BCUT2D eigenvalue weighted by Gasteiger charge is 2.27. The van der Waals surface area contributed by atoms with E-state index in [0.29, 0.717) is 17.3 Å². The number of hydrogen-bond acceptors (Lipinski definition) is 3. The van der Waals surface area contributed by atoms with Gasteiger partial charge in [-0.1, -0.05) is 11.6 Å². The molecule has 20 heavy (non-hydrogen) atoms. The molecule has 2 rings (SSSR count). The molecule has 1 aliphatic heterocycles. The topological polar surface area (TPSA) is 32.8 Å². The summed E-state index contributed by atoms with van der Waals surface area (Å²) in [6, 6.07) is 5.86. The van der Waals surface area contributed by atoms with Crippen molar-refractivity contribution in [2.45, 2.75) is 13.0 Å². The molecule has 0 spiro atoms. The summed E-state index contributed by atoms with van der Waals surface area (Å²) in [5.41, 5.74) is 1.05. The highest BCUT2D eigenvalue weighted by atomic mass is 35.5. The van der Waals surface area contributed by atoms with Crippen molar-refractivity contribution in [1.82, 2.24) is 4.90 Å². The van der Waals surface area contributed by atoms with Crippen LogP contribution < -0.4 is 9.64 Å². The number of rotatable bonds is 3. The predicted molar refractivity (Wildman–Crippen MR) is 82.1 cm³/mol. The first kappa shape index (κ1) is 15.3. The normalized spacial score (nSPS) is 19.1. The largest absolute Gasteiger partial charge is 0.495 e. The highest BCUT2D eigenvalue weighted by molar-refractivity contribution is 6.32. The third kappa shape index (κ3) is 3.13. The van der Waals surface area contributed by atoms with Crippen molar-refractivity contribution in [3.05, 3.63) is 23.2 Å². The van der Waals surface area contributed by atoms with Gasteiger partial charge >= 0.3 is 0 Å². The summed E-state index contributed by atoms with van der Waals surface area (Å²) in [5, 5.41) is 0.597. The lowest BCUT2D eigenvalue weighted by molar-refractivity contribution is -0.130. The average Bonchev–Trinajstić information content (AvgIpc) is 2.47. The monoisotopic (exact) mass is 316 g/mol. The molecule has 1 fully saturated rings. The number of anilines is 1. The number of hydrogen-bond donors (Lipinski definition) is 0. The number of carbonyl (C=O) groups is 1. The zero-order chi connectivity index (χ0) is 14.7. The van der Waals surface area contributed by atoms with Gasteiger partial charge in [-0.25, -0.2) is 0 Å². The Labute approximate surface area is 129 Å². The number of methoxy groups -OCH3 is 1. The molecule has 1 amide bonds. The lowest BCUT2D eigenvalue weighted by Crippen LogP contribution is -2.54. The molecule has 1 saturated heterocycles. The van der Waals surface area contributed by atoms with Crippen molar-refractivity contribution in [2.24, 2.45) is 0 Å². The van der Waals surface area contributed by atoms with Gasteiger partial charge in [-0.3, -0.25) is 4.79 Å². The molecule has 1 atom stereocenters. The summed E-state index contributed by atoms with van der Waals surface area (Å²) in [7, 11) is 1.60. The van der Waals surface area contributed by atoms with Gasteiger partial charge in [-0.2, -0.15) is 0 Å². The van der Waals surface area contributed by atoms with Gasteiger partial charge in [0.1, 0.15) is 11.6 Å². The molecule has 1 aromatic carbocycles. The van der Waals surface area contributed by atoms with Crippen molar-refractivity contribution >= 4 is 34.8 Å². The Morgan fingerprint density at radius 2 is 2.20 bits per heavy atom. The van der Waals surface area contributed by atoms with Crippen LogP contribution in [0.3, 0.4) is 0 Å². The Hall–Kier alpha value is -1.13. The molecule has 0 bridgehead atoms. The van der Waals surface area contributed by atoms with Crippen LogP contribution >= 0.6 is 23.2 Å². The van der Waals surface area contributed by atoms with E-state index in [1.54, 1.807) is 7.11 Å². The van der Waals surface area contributed by atoms with Crippen LogP contribution in [0.5, 0.6) is 5.75 Å². The van der Waals surface area contributed by atoms with Gasteiger partial charge in [-0.05, 0) is 19.1 Å². The zero-order valence-electron chi connectivity index (χ0n) is 11.6. The second kappa shape index (κ2) is 6.55. The van der Waals surface area contributed by atoms with E-state index in [4.69, 9.17) is 27.9 Å². The predicted octanol–water partition coefficient (Wildman–Crippen LogP) is 2.62. The smallest absolute Gasteiger partial charge is 0.237 e. The molecule has 0 N–H and O–H groups in total. The lowest BCUT2D eigenvalue weighted by atomic mass is 10.1. The fourth-order valence-electron chi connectivity index (χ4n) is 2.48. The average molecular weight is 317 g/mol. The maximum atomic E-state index is 11.7. The summed E-state index contributed by atoms with van der Waals surface area (Å²) in [4.78, 5) is 15.8. The lowest BCUT2D eigenvalue weighted by Gasteiger charge is -2.40. The molecule has 1 aliphatic rings. The van der Waals surface area contributed by atoms with E-state index < -0.39 is 0 Å². The van der Waals surface area contributed by atoms with Crippen molar-refractivity contribution in [3.8, 4) is 5.75 Å². The molecule has 4 nitrogen and oxygen atoms in total. The summed E-state index contributed by atoms with van der Waals surface area (Å²) in [6.07, 6.45) is 0. The van der Waals surface area contributed by atoms with Crippen LogP contribution in [0, 0.1) is 0 Å². The first-order chi connectivity index (χ1) is 9.56. The number of alkyl halides is 1. The summed E-state index contributed by atoms with van der Waals surface area (Å²) < 4.78 is 5.24. The number of piperazine rings is 1. The number of benzene rings is 1. The molecule has 0 aliphatic carbocycles. The van der Waals surface area contributed by atoms with Crippen LogP contribution in [0.15, 0.2) is 18.2 Å². The Balaban J connectivity index is 2.11. The number of amides is 1. The Morgan fingerprint density at radius 1 is 1.45 bits per heavy atom. The van der Waals surface area contributed by atoms with E-state index in [2.05, 4.69) is 4.90 Å². The van der Waals surface area contributed by atoms with Crippen molar-refractivity contribution < 1.29 is 9.53 Å². The van der Waals surface area contributed by atoms with Crippen LogP contribution in [0.1, 0.15) is 6.92 Å². The second-order valence-electron chi connectivity index (χ2n) is 4.83. The van der Waals surface area contributed by atoms with Crippen molar-refractivity contribution in [3.63, 3.8) is 0 Å². The molecule has 0 unspecified atom stereocenters. The third-order valence-electron chi connectivity index (χ3n) is 3.56. The van der Waals surface area contributed by atoms with Crippen molar-refractivity contribution in [2.75, 3.05) is 37.5 Å². The van der Waals surface area contributed by atoms with E-state index in [0.717, 1.165) is 18.8 Å². The second-order valence-corrected chi connectivity index (χ2v) is 5.51. The molecule has 6 heteroatoms. The Kier molecular flexibility index (Phi) is 5.00. The molecule has 0 saturated carbocycles. The highest BCUT2D eigenvalue weighted by Crippen LogP contribution is 2.30. The van der Waals surface area contributed by atoms with Gasteiger partial charge in [0, 0.05) is 37.4 Å². The molecule has 1 aromatic rings.